The van der Waals surface area contributed by atoms with Gasteiger partial charge in [0.15, 0.2) is 0 Å². The lowest BCUT2D eigenvalue weighted by Gasteiger charge is -2.20. The highest BCUT2D eigenvalue weighted by Crippen LogP contribution is 2.40. The van der Waals surface area contributed by atoms with Crippen molar-refractivity contribution in [3.05, 3.63) is 59.2 Å². The summed E-state index contributed by atoms with van der Waals surface area (Å²) in [5, 5.41) is 0. The number of rotatable bonds is 5. The number of hydrogen-bond donors (Lipinski definition) is 0. The zero-order chi connectivity index (χ0) is 18.8. The Kier molecular flexibility index (Phi) is 5.41. The van der Waals surface area contributed by atoms with Gasteiger partial charge < -0.3 is 0 Å². The number of aryl methyl sites for hydroxylation is 1. The Labute approximate surface area is 139 Å². The van der Waals surface area contributed by atoms with Crippen LogP contribution in [0.1, 0.15) is 24.5 Å². The van der Waals surface area contributed by atoms with Crippen molar-refractivity contribution in [1.82, 2.24) is 0 Å². The van der Waals surface area contributed by atoms with E-state index in [0.29, 0.717) is 17.7 Å². The lowest BCUT2D eigenvalue weighted by molar-refractivity contribution is -0.432. The zero-order valence-electron chi connectivity index (χ0n) is 12.9. The van der Waals surface area contributed by atoms with E-state index in [9.17, 15) is 30.7 Å². The van der Waals surface area contributed by atoms with Gasteiger partial charge in [0.1, 0.15) is 17.2 Å². The summed E-state index contributed by atoms with van der Waals surface area (Å²) in [6.07, 6.45) is -9.25. The molecule has 8 heteroatoms. The second-order valence-electron chi connectivity index (χ2n) is 5.33. The Bertz CT molecular complexity index is 713. The highest BCUT2D eigenvalue weighted by molar-refractivity contribution is 5.64. The Morgan fingerprint density at radius 1 is 0.840 bits per heavy atom. The molecule has 1 nitrogen and oxygen atoms in total. The topological polar surface area (TPSA) is 9.23 Å². The molecule has 0 heterocycles. The van der Waals surface area contributed by atoms with E-state index in [0.717, 1.165) is 18.4 Å². The van der Waals surface area contributed by atoms with Gasteiger partial charge in [0.2, 0.25) is 0 Å². The van der Waals surface area contributed by atoms with E-state index >= 15 is 0 Å². The minimum absolute atomic E-state index is 0.0791. The van der Waals surface area contributed by atoms with Gasteiger partial charge in [0.25, 0.3) is 0 Å². The highest BCUT2D eigenvalue weighted by atomic mass is 19.4. The molecule has 0 aliphatic heterocycles. The van der Waals surface area contributed by atoms with E-state index in [2.05, 4.69) is 4.74 Å². The summed E-state index contributed by atoms with van der Waals surface area (Å²) >= 11 is 0. The van der Waals surface area contributed by atoms with Gasteiger partial charge in [-0.15, -0.1) is 13.2 Å². The molecule has 2 aromatic rings. The molecular formula is C17H13F7O. The third-order valence-corrected chi connectivity index (χ3v) is 3.40. The van der Waals surface area contributed by atoms with Crippen LogP contribution in [0.5, 0.6) is 0 Å². The maximum atomic E-state index is 13.9. The summed E-state index contributed by atoms with van der Waals surface area (Å²) in [6.45, 7) is 1.97. The minimum Gasteiger partial charge on any atom is -0.222 e. The molecule has 0 radical (unpaired) electrons. The first-order valence-corrected chi connectivity index (χ1v) is 7.27. The molecule has 0 aromatic heterocycles. The molecule has 0 unspecified atom stereocenters. The van der Waals surface area contributed by atoms with Gasteiger partial charge >= 0.3 is 12.5 Å². The molecule has 0 saturated heterocycles. The summed E-state index contributed by atoms with van der Waals surface area (Å²) in [6, 6.07) is 7.60. The van der Waals surface area contributed by atoms with Crippen LogP contribution in [-0.4, -0.2) is 6.36 Å². The van der Waals surface area contributed by atoms with Gasteiger partial charge in [-0.1, -0.05) is 37.6 Å². The van der Waals surface area contributed by atoms with Crippen molar-refractivity contribution in [1.29, 1.82) is 0 Å². The molecule has 0 saturated carbocycles. The lowest BCUT2D eigenvalue weighted by atomic mass is 10.00. The van der Waals surface area contributed by atoms with Crippen molar-refractivity contribution in [3.63, 3.8) is 0 Å². The SMILES string of the molecule is CCCc1ccc(-c2cc(F)c(C(F)(F)OC(F)(F)F)c(F)c2)cc1. The zero-order valence-corrected chi connectivity index (χ0v) is 12.9. The van der Waals surface area contributed by atoms with Crippen LogP contribution in [0.3, 0.4) is 0 Å². The molecule has 0 spiro atoms. The van der Waals surface area contributed by atoms with Gasteiger partial charge in [-0.2, -0.15) is 8.78 Å². The number of alkyl halides is 5. The molecule has 0 aliphatic carbocycles. The molecule has 0 atom stereocenters. The van der Waals surface area contributed by atoms with Gasteiger partial charge in [-0.25, -0.2) is 13.5 Å². The van der Waals surface area contributed by atoms with Gasteiger partial charge in [-0.3, -0.25) is 0 Å². The van der Waals surface area contributed by atoms with Crippen LogP contribution in [0.2, 0.25) is 0 Å². The van der Waals surface area contributed by atoms with Crippen LogP contribution >= 0.6 is 0 Å². The summed E-state index contributed by atoms with van der Waals surface area (Å²) in [7, 11) is 0. The molecule has 25 heavy (non-hydrogen) atoms. The largest absolute Gasteiger partial charge is 0.527 e. The van der Waals surface area contributed by atoms with Crippen molar-refractivity contribution in [2.75, 3.05) is 0 Å². The molecule has 0 amide bonds. The molecule has 136 valence electrons. The first-order valence-electron chi connectivity index (χ1n) is 7.27. The van der Waals surface area contributed by atoms with Crippen molar-refractivity contribution in [3.8, 4) is 11.1 Å². The maximum Gasteiger partial charge on any atom is 0.527 e. The molecular weight excluding hydrogens is 353 g/mol. The van der Waals surface area contributed by atoms with E-state index in [1.807, 2.05) is 6.92 Å². The van der Waals surface area contributed by atoms with Crippen LogP contribution in [0.25, 0.3) is 11.1 Å². The Morgan fingerprint density at radius 2 is 1.36 bits per heavy atom. The van der Waals surface area contributed by atoms with E-state index < -0.39 is 29.7 Å². The predicted molar refractivity (Wildman–Crippen MR) is 76.8 cm³/mol. The quantitative estimate of drug-likeness (QED) is 0.575. The van der Waals surface area contributed by atoms with Crippen molar-refractivity contribution >= 4 is 0 Å². The highest BCUT2D eigenvalue weighted by Gasteiger charge is 2.49. The van der Waals surface area contributed by atoms with E-state index in [1.165, 1.54) is 0 Å². The summed E-state index contributed by atoms with van der Waals surface area (Å²) in [4.78, 5) is 0. The standard InChI is InChI=1S/C17H13F7O/c1-2-3-10-4-6-11(7-5-10)12-8-13(18)15(14(19)9-12)16(20,21)25-17(22,23)24/h4-9H,2-3H2,1H3. The first kappa shape index (κ1) is 19.2. The van der Waals surface area contributed by atoms with Gasteiger partial charge in [0.05, 0.1) is 0 Å². The van der Waals surface area contributed by atoms with Gasteiger partial charge in [0, 0.05) is 0 Å². The molecule has 2 rings (SSSR count). The van der Waals surface area contributed by atoms with Crippen molar-refractivity contribution in [2.45, 2.75) is 32.2 Å². The molecule has 0 N–H and O–H groups in total. The van der Waals surface area contributed by atoms with Crippen molar-refractivity contribution < 1.29 is 35.5 Å². The number of ether oxygens (including phenoxy) is 1. The van der Waals surface area contributed by atoms with E-state index in [4.69, 9.17) is 0 Å². The fourth-order valence-corrected chi connectivity index (χ4v) is 2.37. The fraction of sp³-hybridized carbons (Fsp3) is 0.294. The number of hydrogen-bond acceptors (Lipinski definition) is 1. The van der Waals surface area contributed by atoms with Crippen LogP contribution < -0.4 is 0 Å². The predicted octanol–water partition coefficient (Wildman–Crippen LogP) is 6.17. The van der Waals surface area contributed by atoms with Gasteiger partial charge in [-0.05, 0) is 35.2 Å². The molecule has 0 fully saturated rings. The van der Waals surface area contributed by atoms with E-state index in [1.54, 1.807) is 24.3 Å². The molecule has 2 aromatic carbocycles. The first-order chi connectivity index (χ1) is 11.5. The van der Waals surface area contributed by atoms with Crippen LogP contribution in [0.15, 0.2) is 36.4 Å². The summed E-state index contributed by atoms with van der Waals surface area (Å²) in [5.41, 5.74) is -0.848. The summed E-state index contributed by atoms with van der Waals surface area (Å²) < 4.78 is 93.2. The second kappa shape index (κ2) is 7.03. The molecule has 0 bridgehead atoms. The third-order valence-electron chi connectivity index (χ3n) is 3.40. The monoisotopic (exact) mass is 366 g/mol. The van der Waals surface area contributed by atoms with E-state index in [-0.39, 0.29) is 5.56 Å². The normalized spacial score (nSPS) is 12.5. The maximum absolute atomic E-state index is 13.9. The van der Waals surface area contributed by atoms with Crippen LogP contribution in [0.4, 0.5) is 30.7 Å². The van der Waals surface area contributed by atoms with Crippen LogP contribution in [-0.2, 0) is 17.3 Å². The van der Waals surface area contributed by atoms with Crippen molar-refractivity contribution in [2.24, 2.45) is 0 Å². The average molecular weight is 366 g/mol. The Balaban J connectivity index is 2.40. The minimum atomic E-state index is -5.75. The number of benzene rings is 2. The Hall–Kier alpha value is -2.09. The fourth-order valence-electron chi connectivity index (χ4n) is 2.37. The summed E-state index contributed by atoms with van der Waals surface area (Å²) in [5.74, 6) is -3.66. The second-order valence-corrected chi connectivity index (χ2v) is 5.33. The molecule has 0 aliphatic rings. The van der Waals surface area contributed by atoms with Crippen LogP contribution in [0, 0.1) is 11.6 Å². The smallest absolute Gasteiger partial charge is 0.222 e. The lowest BCUT2D eigenvalue weighted by Crippen LogP contribution is -2.29. The number of halogens is 7. The average Bonchev–Trinajstić information content (AvgIpc) is 2.44. The Morgan fingerprint density at radius 3 is 1.80 bits per heavy atom. The third kappa shape index (κ3) is 4.72.